The van der Waals surface area contributed by atoms with Crippen LogP contribution in [-0.2, 0) is 47.9 Å². The fourth-order valence-electron chi connectivity index (χ4n) is 11.3. The Balaban J connectivity index is -0.000000143. The fraction of sp³-hybridized carbons (Fsp3) is 0.409. The minimum absolute atomic E-state index is 0. The van der Waals surface area contributed by atoms with Gasteiger partial charge in [0.15, 0.2) is 0 Å². The Morgan fingerprint density at radius 1 is 0.420 bits per heavy atom. The summed E-state index contributed by atoms with van der Waals surface area (Å²) in [6.45, 7) is 17.2. The zero-order chi connectivity index (χ0) is 79.0. The van der Waals surface area contributed by atoms with E-state index in [2.05, 4.69) is 13.2 Å². The summed E-state index contributed by atoms with van der Waals surface area (Å²) in [7, 11) is 0. The molecule has 0 aliphatic carbocycles. The van der Waals surface area contributed by atoms with Crippen LogP contribution < -0.4 is 33.6 Å². The van der Waals surface area contributed by atoms with E-state index in [0.717, 1.165) is 20.3 Å². The van der Waals surface area contributed by atoms with E-state index in [0.29, 0.717) is 28.3 Å². The van der Waals surface area contributed by atoms with Crippen molar-refractivity contribution in [1.29, 1.82) is 4.35 Å². The van der Waals surface area contributed by atoms with E-state index in [4.69, 9.17) is 23.3 Å². The van der Waals surface area contributed by atoms with Crippen LogP contribution in [0.3, 0.4) is 0 Å². The summed E-state index contributed by atoms with van der Waals surface area (Å²) >= 11 is 1.67. The van der Waals surface area contributed by atoms with Gasteiger partial charge in [0, 0.05) is 66.2 Å². The van der Waals surface area contributed by atoms with Crippen molar-refractivity contribution in [3.8, 4) is 34.5 Å². The topological polar surface area (TPSA) is 282 Å². The van der Waals surface area contributed by atoms with E-state index < -0.39 is 107 Å². The molecule has 2 saturated heterocycles. The van der Waals surface area contributed by atoms with Gasteiger partial charge >= 0.3 is 62.8 Å². The number of rotatable bonds is 18. The Morgan fingerprint density at radius 3 is 0.882 bits per heavy atom. The zero-order valence-corrected chi connectivity index (χ0v) is 59.7. The van der Waals surface area contributed by atoms with Crippen LogP contribution in [0.2, 0.25) is 0 Å². The number of esters is 4. The van der Waals surface area contributed by atoms with Crippen LogP contribution in [-0.4, -0.2) is 113 Å². The van der Waals surface area contributed by atoms with Gasteiger partial charge in [0.2, 0.25) is 23.6 Å². The second-order valence-corrected chi connectivity index (χ2v) is 23.5. The molecule has 8 atom stereocenters. The van der Waals surface area contributed by atoms with Gasteiger partial charge in [-0.05, 0) is 163 Å². The number of anilines is 3. The Labute approximate surface area is 710 Å². The standard InChI is InChI=1S/C27H28F3NO6.C23H24F3NO4.C12H9NO4.C10H10O2.C3H3F3.13CH4.Al.B.HN/c1-5-19(27(28,29)30)14-23(18-6-10-21(11-7-18)36-16(3)32)24-15(2)25(34)31(26(24)35)20-8-12-22(13-9-20)37-17(4)33;1-3-15(23(24,25)26)12-19(14-4-8-17(28)9-5-14)20-13(2)21(30)27(22(20)31)16-6-10-18(29)11-7-16;1-8(14)17-10-4-2-9(3-5-10)13-11(15)6-7-12(13)16;1-3-9-4-6-10(7-5-9)12-8(2)11;1-2-3(4,5)6;;;;;;;;;;;;;;;;/h6-13,15,19,23-24H,5,14H2,1-4H3;4-11,13,15,19-20,28-29H,3,12H2,1-2H3;2-7H,1H3;3-7H,1H2,2H3;2H,1H2;13*1H4;;;1H. The van der Waals surface area contributed by atoms with E-state index >= 15 is 0 Å². The molecule has 0 saturated carbocycles. The van der Waals surface area contributed by atoms with Gasteiger partial charge in [0.25, 0.3) is 11.8 Å². The molecular weight excluding hydrogens is 1580 g/mol. The van der Waals surface area contributed by atoms with Crippen LogP contribution in [0.25, 0.3) is 6.08 Å². The van der Waals surface area contributed by atoms with Crippen molar-refractivity contribution in [2.24, 2.45) is 35.5 Å². The van der Waals surface area contributed by atoms with Crippen LogP contribution >= 0.6 is 0 Å². The number of amides is 6. The summed E-state index contributed by atoms with van der Waals surface area (Å²) in [6, 6.07) is 36.2. The number of halogens is 9. The van der Waals surface area contributed by atoms with Gasteiger partial charge in [0.1, 0.15) is 34.5 Å². The average molecular weight is 1710 g/mol. The molecule has 3 N–H and O–H groups in total. The maximum atomic E-state index is 13.8. The Morgan fingerprint density at radius 2 is 0.647 bits per heavy atom. The van der Waals surface area contributed by atoms with Gasteiger partial charge in [-0.3, -0.25) is 57.7 Å². The number of nitrogens with one attached hydrogen (secondary N) is 1. The summed E-state index contributed by atoms with van der Waals surface area (Å²) < 4.78 is 139. The summed E-state index contributed by atoms with van der Waals surface area (Å²) in [5.74, 6) is -12.3. The third-order valence-corrected chi connectivity index (χ3v) is 16.3. The van der Waals surface area contributed by atoms with Crippen molar-refractivity contribution in [3.05, 3.63) is 194 Å². The number of hydrogen-bond acceptors (Lipinski definition) is 17. The number of phenolic OH excluding ortho intramolecular Hbond substituents is 2. The molecule has 2 fully saturated rings. The number of ether oxygens (including phenoxy) is 4. The summed E-state index contributed by atoms with van der Waals surface area (Å²) in [4.78, 5) is 122. The molecule has 6 aromatic carbocycles. The minimum atomic E-state index is -4.48. The quantitative estimate of drug-likeness (QED) is 0.0180. The number of alkyl halides is 9. The molecule has 8 unspecified atom stereocenters. The molecule has 3 aliphatic heterocycles. The predicted molar refractivity (Wildman–Crippen MR) is 462 cm³/mol. The Bertz CT molecular complexity index is 4060. The van der Waals surface area contributed by atoms with Crippen molar-refractivity contribution in [2.45, 2.75) is 208 Å². The summed E-state index contributed by atoms with van der Waals surface area (Å²) in [5, 5.41) is 19.1. The van der Waals surface area contributed by atoms with Crippen LogP contribution in [0.1, 0.15) is 206 Å². The number of aromatic hydroxyl groups is 2. The Hall–Kier alpha value is -10.8. The van der Waals surface area contributed by atoms with E-state index in [1.165, 1.54) is 170 Å². The van der Waals surface area contributed by atoms with Crippen LogP contribution in [0.4, 0.5) is 56.6 Å². The third kappa shape index (κ3) is 38.7. The van der Waals surface area contributed by atoms with Crippen molar-refractivity contribution < 1.29 is 117 Å². The number of nitrogens with zero attached hydrogens (tertiary/aromatic N) is 3. The number of imide groups is 3. The number of hydrogen-bond donors (Lipinski definition) is 3. The van der Waals surface area contributed by atoms with Crippen LogP contribution in [0, 0.1) is 39.9 Å². The second-order valence-electron chi connectivity index (χ2n) is 23.5. The monoisotopic (exact) mass is 1700 g/mol. The van der Waals surface area contributed by atoms with E-state index in [-0.39, 0.29) is 189 Å². The van der Waals surface area contributed by atoms with Crippen LogP contribution in [0.15, 0.2) is 177 Å². The van der Waals surface area contributed by atoms with Gasteiger partial charge in [-0.1, -0.05) is 180 Å². The van der Waals surface area contributed by atoms with Crippen LogP contribution in [0.5, 0.6) is 34.5 Å². The molecule has 9 rings (SSSR count). The van der Waals surface area contributed by atoms with E-state index in [9.17, 15) is 97.7 Å². The molecule has 0 spiro atoms. The molecule has 3 heterocycles. The molecule has 6 aromatic rings. The first-order valence-electron chi connectivity index (χ1n) is 32.0. The average Bonchev–Trinajstić information content (AvgIpc) is 1.62. The second kappa shape index (κ2) is 59.8. The molecule has 20 nitrogen and oxygen atoms in total. The predicted octanol–water partition coefficient (Wildman–Crippen LogP) is 23.2. The maximum absolute atomic E-state index is 13.8. The Kier molecular flexibility index (Phi) is 66.1. The number of carbonyl (C=O) groups excluding carboxylic acids is 10. The van der Waals surface area contributed by atoms with Gasteiger partial charge in [0.05, 0.1) is 40.7 Å². The van der Waals surface area contributed by atoms with E-state index in [1.54, 1.807) is 53.4 Å². The molecule has 664 valence electrons. The summed E-state index contributed by atoms with van der Waals surface area (Å²) in [6.07, 6.45) is -10.1. The molecule has 0 bridgehead atoms. The first-order valence-corrected chi connectivity index (χ1v) is 32.6. The molecule has 4 radical (unpaired) electrons. The normalized spacial score (nSPS) is 15.2. The summed E-state index contributed by atoms with van der Waals surface area (Å²) in [5.41, 5.74) is 2.84. The molecule has 0 aromatic heterocycles. The van der Waals surface area contributed by atoms with Crippen molar-refractivity contribution in [2.75, 3.05) is 14.7 Å². The fourth-order valence-corrected chi connectivity index (χ4v) is 11.3. The van der Waals surface area contributed by atoms with Gasteiger partial charge in [-0.15, -0.1) is 0 Å². The van der Waals surface area contributed by atoms with Crippen molar-refractivity contribution in [1.82, 2.24) is 0 Å². The first kappa shape index (κ1) is 132. The van der Waals surface area contributed by atoms with E-state index in [1.807, 2.05) is 12.1 Å². The zero-order valence-electron chi connectivity index (χ0n) is 58.5. The SMILES string of the molecule is C.C.C.C.C.C.C.C.C.C.C.C.C.C=CC(F)(F)F.C=Cc1ccc(OC(C)=O)cc1.CC(=O)Oc1ccc(N2C(=O)C=CC2=O)cc1.CCC(CC(c1ccc(O)cc1)C1C(=O)N(c2ccc(O)cc2)C(=O)C1C)C(F)(F)F.CCC(CC(c1ccc(OC(C)=O)cc1)C1C(=O)N(c2ccc(OC(C)=O)cc2)C(=O)C1C)C(F)(F)F.[B].[NH]=[Al]. The molecular formula is C88H127AlBF9N4O16. The van der Waals surface area contributed by atoms with Crippen molar-refractivity contribution in [3.63, 3.8) is 0 Å². The molecule has 3 aliphatic rings. The van der Waals surface area contributed by atoms with Gasteiger partial charge in [-0.25, -0.2) is 4.90 Å². The van der Waals surface area contributed by atoms with Gasteiger partial charge < -0.3 is 29.2 Å². The molecule has 31 heteroatoms. The number of allylic oxidation sites excluding steroid dienone is 1. The molecule has 6 amide bonds. The van der Waals surface area contributed by atoms with Crippen molar-refractivity contribution >= 4 is 107 Å². The number of benzene rings is 6. The van der Waals surface area contributed by atoms with Gasteiger partial charge in [-0.2, -0.15) is 39.5 Å². The number of phenols is 2. The number of carbonyl (C=O) groups is 10. The third-order valence-electron chi connectivity index (χ3n) is 16.3. The molecule has 119 heavy (non-hydrogen) atoms. The first-order chi connectivity index (χ1) is 49.2.